The van der Waals surface area contributed by atoms with E-state index in [4.69, 9.17) is 0 Å². The second kappa shape index (κ2) is 6.38. The number of rotatable bonds is 4. The van der Waals surface area contributed by atoms with Crippen LogP contribution >= 0.6 is 0 Å². The first-order valence-corrected chi connectivity index (χ1v) is 6.76. The third-order valence-corrected chi connectivity index (χ3v) is 2.99. The van der Waals surface area contributed by atoms with E-state index in [1.807, 2.05) is 45.0 Å². The van der Waals surface area contributed by atoms with Crippen LogP contribution in [0.1, 0.15) is 0 Å². The summed E-state index contributed by atoms with van der Waals surface area (Å²) in [5.41, 5.74) is 0.818. The Morgan fingerprint density at radius 2 is 1.95 bits per heavy atom. The minimum absolute atomic E-state index is 0.664. The Balaban J connectivity index is 2.01. The number of anilines is 1. The van der Waals surface area contributed by atoms with E-state index in [0.29, 0.717) is 13.1 Å². The molecule has 21 heavy (non-hydrogen) atoms. The van der Waals surface area contributed by atoms with E-state index in [1.54, 1.807) is 17.2 Å². The maximum absolute atomic E-state index is 4.56. The fourth-order valence-corrected chi connectivity index (χ4v) is 2.12. The molecule has 0 radical (unpaired) electrons. The molecule has 0 saturated carbocycles. The molecule has 2 aromatic rings. The zero-order chi connectivity index (χ0) is 15.4. The maximum atomic E-state index is 4.56. The highest BCUT2D eigenvalue weighted by Gasteiger charge is 2.07. The van der Waals surface area contributed by atoms with Crippen molar-refractivity contribution in [1.82, 2.24) is 29.5 Å². The third-order valence-electron chi connectivity index (χ3n) is 2.99. The van der Waals surface area contributed by atoms with E-state index in [2.05, 4.69) is 25.4 Å². The van der Waals surface area contributed by atoms with Crippen molar-refractivity contribution >= 4 is 22.8 Å². The van der Waals surface area contributed by atoms with Gasteiger partial charge in [0, 0.05) is 41.8 Å². The number of hydrogen-bond acceptors (Lipinski definition) is 5. The summed E-state index contributed by atoms with van der Waals surface area (Å²) in [5.74, 6) is 1.73. The topological polar surface area (TPSA) is 74.5 Å². The van der Waals surface area contributed by atoms with Crippen LogP contribution in [0.15, 0.2) is 17.5 Å². The van der Waals surface area contributed by atoms with Crippen LogP contribution in [0.25, 0.3) is 11.0 Å². The Kier molecular flexibility index (Phi) is 4.56. The first-order chi connectivity index (χ1) is 10.0. The van der Waals surface area contributed by atoms with Gasteiger partial charge in [0.15, 0.2) is 11.6 Å². The highest BCUT2D eigenvalue weighted by Crippen LogP contribution is 2.17. The second-order valence-electron chi connectivity index (χ2n) is 5.13. The van der Waals surface area contributed by atoms with Crippen molar-refractivity contribution in [2.45, 2.75) is 0 Å². The van der Waals surface area contributed by atoms with Gasteiger partial charge in [0.2, 0.25) is 0 Å². The monoisotopic (exact) mass is 290 g/mol. The summed E-state index contributed by atoms with van der Waals surface area (Å²) >= 11 is 0. The highest BCUT2D eigenvalue weighted by atomic mass is 15.3. The first kappa shape index (κ1) is 15.0. The van der Waals surface area contributed by atoms with Gasteiger partial charge in [0.05, 0.1) is 18.1 Å². The average molecular weight is 290 g/mol. The van der Waals surface area contributed by atoms with Gasteiger partial charge in [0.25, 0.3) is 0 Å². The van der Waals surface area contributed by atoms with Gasteiger partial charge in [-0.1, -0.05) is 0 Å². The van der Waals surface area contributed by atoms with E-state index in [1.165, 1.54) is 0 Å². The Labute approximate surface area is 124 Å². The lowest BCUT2D eigenvalue weighted by Crippen LogP contribution is -2.35. The highest BCUT2D eigenvalue weighted by molar-refractivity contribution is 5.86. The largest absolute Gasteiger partial charge is 0.367 e. The van der Waals surface area contributed by atoms with Crippen LogP contribution in [0, 0.1) is 0 Å². The lowest BCUT2D eigenvalue weighted by atomic mass is 10.4. The fraction of sp³-hybridized carbons (Fsp3) is 0.538. The molecule has 2 heterocycles. The molecule has 0 saturated heterocycles. The first-order valence-electron chi connectivity index (χ1n) is 6.76. The Morgan fingerprint density at radius 1 is 1.24 bits per heavy atom. The molecule has 0 bridgehead atoms. The standard InChI is InChI=1S/C13H22N8/c1-19(2)13(20(3)4)15-7-6-14-11-10-8-18-21(5)12(10)17-9-16-11/h8-9H,6-7H2,1-5H3,(H,14,16,17). The maximum Gasteiger partial charge on any atom is 0.195 e. The number of aryl methyl sites for hydroxylation is 1. The van der Waals surface area contributed by atoms with Crippen molar-refractivity contribution in [3.05, 3.63) is 12.5 Å². The summed E-state index contributed by atoms with van der Waals surface area (Å²) in [7, 11) is 9.79. The van der Waals surface area contributed by atoms with E-state index < -0.39 is 0 Å². The summed E-state index contributed by atoms with van der Waals surface area (Å²) in [6.07, 6.45) is 3.31. The number of nitrogens with zero attached hydrogens (tertiary/aromatic N) is 7. The molecule has 0 amide bonds. The van der Waals surface area contributed by atoms with Crippen molar-refractivity contribution in [1.29, 1.82) is 0 Å². The molecule has 0 aliphatic heterocycles. The molecule has 1 N–H and O–H groups in total. The van der Waals surface area contributed by atoms with Crippen molar-refractivity contribution in [3.63, 3.8) is 0 Å². The number of nitrogens with one attached hydrogen (secondary N) is 1. The van der Waals surface area contributed by atoms with Gasteiger partial charge in [-0.3, -0.25) is 9.67 Å². The van der Waals surface area contributed by atoms with E-state index in [9.17, 15) is 0 Å². The molecule has 0 aliphatic rings. The number of aromatic nitrogens is 4. The van der Waals surface area contributed by atoms with Gasteiger partial charge in [0.1, 0.15) is 12.1 Å². The smallest absolute Gasteiger partial charge is 0.195 e. The number of guanidine groups is 1. The molecule has 8 heteroatoms. The molecule has 0 spiro atoms. The summed E-state index contributed by atoms with van der Waals surface area (Å²) in [6, 6.07) is 0. The normalized spacial score (nSPS) is 10.5. The summed E-state index contributed by atoms with van der Waals surface area (Å²) in [6.45, 7) is 1.36. The molecule has 8 nitrogen and oxygen atoms in total. The summed E-state index contributed by atoms with van der Waals surface area (Å²) in [4.78, 5) is 17.0. The van der Waals surface area contributed by atoms with Crippen molar-refractivity contribution in [2.24, 2.45) is 12.0 Å². The SMILES string of the molecule is CN(C)C(=NCCNc1ncnc2c1cnn2C)N(C)C. The van der Waals surface area contributed by atoms with Crippen molar-refractivity contribution < 1.29 is 0 Å². The number of aliphatic imine (C=N–C) groups is 1. The Bertz CT molecular complexity index is 618. The molecule has 0 aliphatic carbocycles. The minimum Gasteiger partial charge on any atom is -0.367 e. The van der Waals surface area contributed by atoms with Gasteiger partial charge in [-0.15, -0.1) is 0 Å². The fourth-order valence-electron chi connectivity index (χ4n) is 2.12. The predicted octanol–water partition coefficient (Wildman–Crippen LogP) is 0.254. The molecular weight excluding hydrogens is 268 g/mol. The molecule has 2 aromatic heterocycles. The lowest BCUT2D eigenvalue weighted by Gasteiger charge is -2.22. The van der Waals surface area contributed by atoms with Crippen molar-refractivity contribution in [3.8, 4) is 0 Å². The minimum atomic E-state index is 0.664. The van der Waals surface area contributed by atoms with Crippen LogP contribution < -0.4 is 5.32 Å². The van der Waals surface area contributed by atoms with Crippen LogP contribution in [-0.4, -0.2) is 76.8 Å². The van der Waals surface area contributed by atoms with Gasteiger partial charge in [-0.25, -0.2) is 9.97 Å². The summed E-state index contributed by atoms with van der Waals surface area (Å²) < 4.78 is 1.73. The van der Waals surface area contributed by atoms with E-state index in [-0.39, 0.29) is 0 Å². The number of fused-ring (bicyclic) bond motifs is 1. The average Bonchev–Trinajstić information content (AvgIpc) is 2.80. The van der Waals surface area contributed by atoms with Crippen LogP contribution in [0.4, 0.5) is 5.82 Å². The molecule has 0 aromatic carbocycles. The molecular formula is C13H22N8. The molecule has 0 atom stereocenters. The van der Waals surface area contributed by atoms with E-state index >= 15 is 0 Å². The van der Waals surface area contributed by atoms with Crippen LogP contribution in [0.3, 0.4) is 0 Å². The zero-order valence-electron chi connectivity index (χ0n) is 13.2. The molecule has 2 rings (SSSR count). The van der Waals surface area contributed by atoms with Gasteiger partial charge < -0.3 is 15.1 Å². The molecule has 0 unspecified atom stereocenters. The Hall–Kier alpha value is -2.38. The van der Waals surface area contributed by atoms with Crippen LogP contribution in [0.2, 0.25) is 0 Å². The lowest BCUT2D eigenvalue weighted by molar-refractivity contribution is 0.480. The third kappa shape index (κ3) is 3.39. The predicted molar refractivity (Wildman–Crippen MR) is 84.5 cm³/mol. The molecule has 0 fully saturated rings. The zero-order valence-corrected chi connectivity index (χ0v) is 13.2. The van der Waals surface area contributed by atoms with E-state index in [0.717, 1.165) is 22.8 Å². The van der Waals surface area contributed by atoms with Crippen molar-refractivity contribution in [2.75, 3.05) is 46.6 Å². The van der Waals surface area contributed by atoms with Crippen LogP contribution in [-0.2, 0) is 7.05 Å². The van der Waals surface area contributed by atoms with Gasteiger partial charge >= 0.3 is 0 Å². The number of hydrogen-bond donors (Lipinski definition) is 1. The van der Waals surface area contributed by atoms with Gasteiger partial charge in [-0.05, 0) is 0 Å². The molecule has 114 valence electrons. The Morgan fingerprint density at radius 3 is 2.62 bits per heavy atom. The van der Waals surface area contributed by atoms with Crippen LogP contribution in [0.5, 0.6) is 0 Å². The van der Waals surface area contributed by atoms with Gasteiger partial charge in [-0.2, -0.15) is 5.10 Å². The second-order valence-corrected chi connectivity index (χ2v) is 5.13. The quantitative estimate of drug-likeness (QED) is 0.494. The summed E-state index contributed by atoms with van der Waals surface area (Å²) in [5, 5.41) is 8.40.